The second-order valence-corrected chi connectivity index (χ2v) is 13.3. The van der Waals surface area contributed by atoms with Crippen LogP contribution in [-0.2, 0) is 4.74 Å². The van der Waals surface area contributed by atoms with Crippen LogP contribution in [0.2, 0.25) is 0 Å². The fourth-order valence-corrected chi connectivity index (χ4v) is 6.18. The number of nitrogens with zero attached hydrogens (tertiary/aromatic N) is 2. The van der Waals surface area contributed by atoms with E-state index in [0.717, 1.165) is 35.7 Å². The number of benzene rings is 4. The summed E-state index contributed by atoms with van der Waals surface area (Å²) in [4.78, 5) is 43.9. The minimum Gasteiger partial charge on any atom is -0.490 e. The highest BCUT2D eigenvalue weighted by atomic mass is 16.5. The molecule has 0 unspecified atom stereocenters. The van der Waals surface area contributed by atoms with Crippen molar-refractivity contribution in [1.29, 1.82) is 0 Å². The fourth-order valence-electron chi connectivity index (χ4n) is 6.18. The monoisotopic (exact) mass is 695 g/mol. The Kier molecular flexibility index (Phi) is 12.9. The van der Waals surface area contributed by atoms with Gasteiger partial charge in [0.15, 0.2) is 0 Å². The molecule has 1 aliphatic rings. The van der Waals surface area contributed by atoms with Gasteiger partial charge in [0, 0.05) is 49.4 Å². The topological polar surface area (TPSA) is 132 Å². The molecule has 0 spiro atoms. The standard InChI is InChI=1S/C40H49N5O6/c1-27-24-45(28(2)26-46)38(47)34-23-32(42-39(48)41-31-16-6-5-7-17-31)20-21-36(34)51-29(3)13-10-11-22-50-37(27)25-44(4)40(49)43-35-19-12-15-30-14-8-9-18-33(30)35/h5-9,12,14-21,23,27-29,37,46H,10-11,13,22,24-26H2,1-4H3,(H,43,49)(H2,41,42,48)/t27-,28+,29-,37+/m0/s1. The van der Waals surface area contributed by atoms with E-state index < -0.39 is 18.2 Å². The first-order valence-electron chi connectivity index (χ1n) is 17.6. The van der Waals surface area contributed by atoms with E-state index in [0.29, 0.717) is 23.7 Å². The van der Waals surface area contributed by atoms with Crippen LogP contribution in [0.1, 0.15) is 50.4 Å². The quantitative estimate of drug-likeness (QED) is 0.159. The van der Waals surface area contributed by atoms with Gasteiger partial charge in [-0.2, -0.15) is 0 Å². The van der Waals surface area contributed by atoms with Crippen LogP contribution in [0, 0.1) is 5.92 Å². The summed E-state index contributed by atoms with van der Waals surface area (Å²) in [5, 5.41) is 20.9. The number of hydrogen-bond donors (Lipinski definition) is 4. The number of para-hydroxylation sites is 1. The van der Waals surface area contributed by atoms with Crippen molar-refractivity contribution in [3.8, 4) is 5.75 Å². The molecule has 11 heteroatoms. The molecule has 1 heterocycles. The summed E-state index contributed by atoms with van der Waals surface area (Å²) < 4.78 is 12.7. The lowest BCUT2D eigenvalue weighted by atomic mass is 10.0. The highest BCUT2D eigenvalue weighted by molar-refractivity contribution is 6.03. The minimum absolute atomic E-state index is 0.193. The van der Waals surface area contributed by atoms with Gasteiger partial charge in [0.05, 0.1) is 36.1 Å². The average Bonchev–Trinajstić information content (AvgIpc) is 3.13. The van der Waals surface area contributed by atoms with Crippen LogP contribution >= 0.6 is 0 Å². The van der Waals surface area contributed by atoms with Crippen LogP contribution < -0.4 is 20.7 Å². The van der Waals surface area contributed by atoms with Gasteiger partial charge >= 0.3 is 12.1 Å². The van der Waals surface area contributed by atoms with Crippen molar-refractivity contribution in [1.82, 2.24) is 9.80 Å². The summed E-state index contributed by atoms with van der Waals surface area (Å²) in [6.45, 7) is 6.48. The number of anilines is 3. The first-order chi connectivity index (χ1) is 24.6. The number of amides is 5. The van der Waals surface area contributed by atoms with Gasteiger partial charge in [-0.15, -0.1) is 0 Å². The number of rotatable bonds is 7. The van der Waals surface area contributed by atoms with Gasteiger partial charge in [-0.05, 0) is 74.9 Å². The van der Waals surface area contributed by atoms with Crippen LogP contribution in [0.4, 0.5) is 26.7 Å². The van der Waals surface area contributed by atoms with Gasteiger partial charge in [-0.3, -0.25) is 4.79 Å². The van der Waals surface area contributed by atoms with E-state index in [-0.39, 0.29) is 49.2 Å². The third-order valence-corrected chi connectivity index (χ3v) is 9.17. The molecule has 4 atom stereocenters. The molecule has 0 aromatic heterocycles. The van der Waals surface area contributed by atoms with Crippen LogP contribution in [0.5, 0.6) is 5.75 Å². The number of hydrogen-bond acceptors (Lipinski definition) is 6. The Balaban J connectivity index is 1.37. The van der Waals surface area contributed by atoms with Crippen LogP contribution in [0.25, 0.3) is 10.8 Å². The number of carbonyl (C=O) groups excluding carboxylic acids is 3. The van der Waals surface area contributed by atoms with E-state index in [1.807, 2.05) is 74.5 Å². The number of urea groups is 2. The molecule has 4 aromatic rings. The Morgan fingerprint density at radius 2 is 1.65 bits per heavy atom. The van der Waals surface area contributed by atoms with E-state index in [2.05, 4.69) is 16.0 Å². The fraction of sp³-hybridized carbons (Fsp3) is 0.375. The molecule has 0 radical (unpaired) electrons. The molecule has 5 rings (SSSR count). The maximum atomic E-state index is 14.4. The number of aliphatic hydroxyl groups excluding tert-OH is 1. The molecule has 0 saturated heterocycles. The number of likely N-dealkylation sites (N-methyl/N-ethyl adjacent to an activating group) is 1. The highest BCUT2D eigenvalue weighted by Gasteiger charge is 2.31. The van der Waals surface area contributed by atoms with Crippen LogP contribution in [0.15, 0.2) is 91.0 Å². The summed E-state index contributed by atoms with van der Waals surface area (Å²) in [7, 11) is 1.74. The van der Waals surface area contributed by atoms with E-state index in [9.17, 15) is 19.5 Å². The summed E-state index contributed by atoms with van der Waals surface area (Å²) in [6.07, 6.45) is 1.78. The summed E-state index contributed by atoms with van der Waals surface area (Å²) in [5.41, 5.74) is 2.04. The predicted molar refractivity (Wildman–Crippen MR) is 202 cm³/mol. The minimum atomic E-state index is -0.538. The number of fused-ring (bicyclic) bond motifs is 2. The number of nitrogens with one attached hydrogen (secondary N) is 3. The third kappa shape index (κ3) is 9.99. The molecule has 0 aliphatic carbocycles. The van der Waals surface area contributed by atoms with Gasteiger partial charge in [0.1, 0.15) is 5.75 Å². The first-order valence-corrected chi connectivity index (χ1v) is 17.6. The third-order valence-electron chi connectivity index (χ3n) is 9.17. The lowest BCUT2D eigenvalue weighted by molar-refractivity contribution is -0.0115. The molecule has 1 aliphatic heterocycles. The van der Waals surface area contributed by atoms with Gasteiger partial charge < -0.3 is 40.3 Å². The zero-order valence-electron chi connectivity index (χ0n) is 29.8. The molecule has 51 heavy (non-hydrogen) atoms. The van der Waals surface area contributed by atoms with Crippen molar-refractivity contribution in [2.24, 2.45) is 5.92 Å². The van der Waals surface area contributed by atoms with E-state index >= 15 is 0 Å². The van der Waals surface area contributed by atoms with Crippen molar-refractivity contribution in [3.05, 3.63) is 96.6 Å². The van der Waals surface area contributed by atoms with Crippen molar-refractivity contribution >= 4 is 45.8 Å². The number of aliphatic hydroxyl groups is 1. The molecule has 5 amide bonds. The van der Waals surface area contributed by atoms with Gasteiger partial charge in [-0.25, -0.2) is 9.59 Å². The smallest absolute Gasteiger partial charge is 0.323 e. The molecule has 0 saturated carbocycles. The average molecular weight is 696 g/mol. The van der Waals surface area contributed by atoms with Gasteiger partial charge in [0.25, 0.3) is 5.91 Å². The first kappa shape index (κ1) is 37.1. The van der Waals surface area contributed by atoms with Crippen LogP contribution in [0.3, 0.4) is 0 Å². The molecule has 270 valence electrons. The second-order valence-electron chi connectivity index (χ2n) is 13.3. The Hall–Kier alpha value is -5.13. The maximum absolute atomic E-state index is 14.4. The SMILES string of the molecule is C[C@H](CO)N1C[C@H](C)[C@@H](CN(C)C(=O)Nc2cccc3ccccc23)OCCCC[C@H](C)Oc2ccc(NC(=O)Nc3ccccc3)cc2C1=O. The highest BCUT2D eigenvalue weighted by Crippen LogP contribution is 2.29. The Bertz CT molecular complexity index is 1780. The predicted octanol–water partition coefficient (Wildman–Crippen LogP) is 7.44. The lowest BCUT2D eigenvalue weighted by Gasteiger charge is -2.35. The molecule has 4 N–H and O–H groups in total. The Morgan fingerprint density at radius 1 is 0.922 bits per heavy atom. The van der Waals surface area contributed by atoms with Crippen molar-refractivity contribution in [2.45, 2.75) is 58.3 Å². The normalized spacial score (nSPS) is 19.2. The molecular formula is C40H49N5O6. The lowest BCUT2D eigenvalue weighted by Crippen LogP contribution is -2.48. The maximum Gasteiger partial charge on any atom is 0.323 e. The zero-order chi connectivity index (χ0) is 36.3. The summed E-state index contributed by atoms with van der Waals surface area (Å²) in [5.74, 6) is -0.172. The molecule has 0 bridgehead atoms. The van der Waals surface area contributed by atoms with Gasteiger partial charge in [0.2, 0.25) is 0 Å². The Labute approximate surface area is 299 Å². The van der Waals surface area contributed by atoms with E-state index in [1.54, 1.807) is 54.1 Å². The summed E-state index contributed by atoms with van der Waals surface area (Å²) in [6, 6.07) is 26.5. The summed E-state index contributed by atoms with van der Waals surface area (Å²) >= 11 is 0. The number of ether oxygens (including phenoxy) is 2. The number of carbonyl (C=O) groups is 3. The van der Waals surface area contributed by atoms with E-state index in [1.165, 1.54) is 0 Å². The molecule has 11 nitrogen and oxygen atoms in total. The molecular weight excluding hydrogens is 646 g/mol. The molecule has 0 fully saturated rings. The zero-order valence-corrected chi connectivity index (χ0v) is 29.8. The second kappa shape index (κ2) is 17.7. The van der Waals surface area contributed by atoms with Crippen molar-refractivity contribution in [3.63, 3.8) is 0 Å². The van der Waals surface area contributed by atoms with Crippen molar-refractivity contribution < 1.29 is 29.0 Å². The van der Waals surface area contributed by atoms with Crippen molar-refractivity contribution in [2.75, 3.05) is 49.3 Å². The largest absolute Gasteiger partial charge is 0.490 e. The van der Waals surface area contributed by atoms with Crippen LogP contribution in [-0.4, -0.2) is 84.5 Å². The molecule has 4 aromatic carbocycles. The van der Waals surface area contributed by atoms with E-state index in [4.69, 9.17) is 9.47 Å². The van der Waals surface area contributed by atoms with Gasteiger partial charge in [-0.1, -0.05) is 61.5 Å². The Morgan fingerprint density at radius 3 is 2.43 bits per heavy atom.